The summed E-state index contributed by atoms with van der Waals surface area (Å²) in [6.45, 7) is 1.40. The van der Waals surface area contributed by atoms with E-state index in [2.05, 4.69) is 0 Å². The molecule has 1 saturated heterocycles. The summed E-state index contributed by atoms with van der Waals surface area (Å²) >= 11 is 0.730. The number of amides is 2. The second kappa shape index (κ2) is 3.14. The van der Waals surface area contributed by atoms with Crippen LogP contribution in [0, 0.1) is 5.92 Å². The predicted molar refractivity (Wildman–Crippen MR) is 41.7 cm³/mol. The van der Waals surface area contributed by atoms with Crippen LogP contribution in [0.2, 0.25) is 0 Å². The second-order valence-corrected chi connectivity index (χ2v) is 3.56. The number of aliphatic carboxylic acids is 1. The zero-order valence-electron chi connectivity index (χ0n) is 6.23. The van der Waals surface area contributed by atoms with Crippen molar-refractivity contribution in [3.8, 4) is 0 Å². The van der Waals surface area contributed by atoms with Gasteiger partial charge in [-0.3, -0.25) is 19.7 Å². The lowest BCUT2D eigenvalue weighted by Crippen LogP contribution is -2.32. The van der Waals surface area contributed by atoms with E-state index in [1.54, 1.807) is 0 Å². The smallest absolute Gasteiger partial charge is 0.307 e. The molecule has 2 N–H and O–H groups in total. The molecule has 0 radical (unpaired) electrons. The molecular weight excluding hydrogens is 182 g/mol. The average molecular weight is 189 g/mol. The minimum absolute atomic E-state index is 0.474. The molecule has 0 saturated carbocycles. The Kier molecular flexibility index (Phi) is 2.37. The van der Waals surface area contributed by atoms with Gasteiger partial charge in [-0.15, -0.1) is 0 Å². The van der Waals surface area contributed by atoms with Crippen LogP contribution in [0.3, 0.4) is 0 Å². The molecule has 0 aromatic carbocycles. The van der Waals surface area contributed by atoms with Gasteiger partial charge in [0.05, 0.1) is 5.92 Å². The van der Waals surface area contributed by atoms with Crippen LogP contribution in [0.1, 0.15) is 6.92 Å². The van der Waals surface area contributed by atoms with Crippen molar-refractivity contribution in [2.75, 3.05) is 0 Å². The van der Waals surface area contributed by atoms with Gasteiger partial charge in [0.2, 0.25) is 5.91 Å². The molecule has 0 aromatic rings. The van der Waals surface area contributed by atoms with Crippen molar-refractivity contribution >= 4 is 28.9 Å². The van der Waals surface area contributed by atoms with E-state index < -0.39 is 28.3 Å². The second-order valence-electron chi connectivity index (χ2n) is 2.44. The van der Waals surface area contributed by atoms with E-state index >= 15 is 0 Å². The number of imide groups is 1. The molecule has 0 spiro atoms. The third-order valence-corrected chi connectivity index (χ3v) is 2.75. The molecule has 0 unspecified atom stereocenters. The summed E-state index contributed by atoms with van der Waals surface area (Å²) in [5.74, 6) is -2.42. The highest BCUT2D eigenvalue weighted by atomic mass is 32.2. The van der Waals surface area contributed by atoms with Crippen LogP contribution in [0.4, 0.5) is 4.79 Å². The summed E-state index contributed by atoms with van der Waals surface area (Å²) in [5.41, 5.74) is 0. The maximum Gasteiger partial charge on any atom is 0.307 e. The highest BCUT2D eigenvalue weighted by Gasteiger charge is 2.38. The molecule has 1 rings (SSSR count). The summed E-state index contributed by atoms with van der Waals surface area (Å²) in [4.78, 5) is 32.0. The molecular formula is C6H7NO4S. The standard InChI is InChI=1S/C6H7NO4S/c1-2(5(9)10)3-4(8)7-6(11)12-3/h2-3H,1H3,(H,9,10)(H,7,8,11)/t2-,3+/m0/s1. The van der Waals surface area contributed by atoms with Gasteiger partial charge in [-0.1, -0.05) is 18.7 Å². The molecule has 66 valence electrons. The fourth-order valence-corrected chi connectivity index (χ4v) is 1.71. The minimum atomic E-state index is -1.07. The number of carboxylic acids is 1. The van der Waals surface area contributed by atoms with E-state index in [1.165, 1.54) is 6.92 Å². The first-order chi connectivity index (χ1) is 5.52. The van der Waals surface area contributed by atoms with Crippen molar-refractivity contribution in [2.24, 2.45) is 5.92 Å². The minimum Gasteiger partial charge on any atom is -0.481 e. The molecule has 0 aromatic heterocycles. The molecule has 0 bridgehead atoms. The first-order valence-corrected chi connectivity index (χ1v) is 4.14. The van der Waals surface area contributed by atoms with Crippen molar-refractivity contribution in [2.45, 2.75) is 12.2 Å². The van der Waals surface area contributed by atoms with Crippen molar-refractivity contribution in [3.63, 3.8) is 0 Å². The molecule has 6 heteroatoms. The number of hydrogen-bond donors (Lipinski definition) is 2. The molecule has 12 heavy (non-hydrogen) atoms. The summed E-state index contributed by atoms with van der Waals surface area (Å²) in [6.07, 6.45) is 0. The Balaban J connectivity index is 2.70. The third-order valence-electron chi connectivity index (χ3n) is 1.56. The van der Waals surface area contributed by atoms with Crippen LogP contribution >= 0.6 is 11.8 Å². The first kappa shape index (κ1) is 9.05. The number of carbonyl (C=O) groups is 3. The molecule has 0 aliphatic carbocycles. The normalized spacial score (nSPS) is 25.2. The van der Waals surface area contributed by atoms with Gasteiger partial charge in [-0.05, 0) is 0 Å². The fraction of sp³-hybridized carbons (Fsp3) is 0.500. The lowest BCUT2D eigenvalue weighted by Gasteiger charge is -2.08. The molecule has 2 atom stereocenters. The third kappa shape index (κ3) is 1.58. The predicted octanol–water partition coefficient (Wildman–Crippen LogP) is 0.0587. The number of carbonyl (C=O) groups excluding carboxylic acids is 2. The van der Waals surface area contributed by atoms with Crippen molar-refractivity contribution in [1.29, 1.82) is 0 Å². The summed E-state index contributed by atoms with van der Waals surface area (Å²) in [5, 5.41) is 9.31. The van der Waals surface area contributed by atoms with Gasteiger partial charge in [0, 0.05) is 0 Å². The zero-order valence-corrected chi connectivity index (χ0v) is 7.05. The number of thioether (sulfide) groups is 1. The van der Waals surface area contributed by atoms with E-state index in [-0.39, 0.29) is 0 Å². The highest BCUT2D eigenvalue weighted by molar-refractivity contribution is 8.15. The van der Waals surface area contributed by atoms with E-state index in [4.69, 9.17) is 5.11 Å². The number of carboxylic acid groups (broad SMARTS) is 1. The summed E-state index contributed by atoms with van der Waals surface area (Å²) < 4.78 is 0. The molecule has 1 heterocycles. The van der Waals surface area contributed by atoms with Crippen LogP contribution in [-0.4, -0.2) is 27.5 Å². The Morgan fingerprint density at radius 3 is 2.58 bits per heavy atom. The molecule has 1 aliphatic heterocycles. The summed E-state index contributed by atoms with van der Waals surface area (Å²) in [6, 6.07) is 0. The monoisotopic (exact) mass is 189 g/mol. The molecule has 1 fully saturated rings. The van der Waals surface area contributed by atoms with E-state index in [0.29, 0.717) is 0 Å². The lowest BCUT2D eigenvalue weighted by atomic mass is 10.1. The van der Waals surface area contributed by atoms with Gasteiger partial charge in [0.15, 0.2) is 0 Å². The number of hydrogen-bond acceptors (Lipinski definition) is 4. The van der Waals surface area contributed by atoms with Gasteiger partial charge in [-0.2, -0.15) is 0 Å². The van der Waals surface area contributed by atoms with E-state index in [0.717, 1.165) is 11.8 Å². The number of nitrogens with one attached hydrogen (secondary N) is 1. The van der Waals surface area contributed by atoms with Gasteiger partial charge >= 0.3 is 5.97 Å². The first-order valence-electron chi connectivity index (χ1n) is 3.26. The van der Waals surface area contributed by atoms with Gasteiger partial charge in [-0.25, -0.2) is 0 Å². The van der Waals surface area contributed by atoms with Crippen LogP contribution in [0.5, 0.6) is 0 Å². The largest absolute Gasteiger partial charge is 0.481 e. The average Bonchev–Trinajstić information content (AvgIpc) is 2.28. The van der Waals surface area contributed by atoms with Crippen LogP contribution in [-0.2, 0) is 9.59 Å². The van der Waals surface area contributed by atoms with Crippen LogP contribution in [0.15, 0.2) is 0 Å². The molecule has 2 amide bonds. The molecule has 1 aliphatic rings. The Morgan fingerprint density at radius 2 is 2.25 bits per heavy atom. The Labute approximate surface area is 72.5 Å². The van der Waals surface area contributed by atoms with Crippen LogP contribution in [0.25, 0.3) is 0 Å². The quantitative estimate of drug-likeness (QED) is 0.641. The van der Waals surface area contributed by atoms with Gasteiger partial charge in [0.25, 0.3) is 5.24 Å². The van der Waals surface area contributed by atoms with E-state index in [1.807, 2.05) is 5.32 Å². The fourth-order valence-electron chi connectivity index (χ4n) is 0.829. The van der Waals surface area contributed by atoms with Crippen molar-refractivity contribution in [3.05, 3.63) is 0 Å². The maximum absolute atomic E-state index is 10.9. The highest BCUT2D eigenvalue weighted by Crippen LogP contribution is 2.25. The Hall–Kier alpha value is -1.04. The van der Waals surface area contributed by atoms with Gasteiger partial charge in [0.1, 0.15) is 5.25 Å². The van der Waals surface area contributed by atoms with E-state index in [9.17, 15) is 14.4 Å². The van der Waals surface area contributed by atoms with Crippen LogP contribution < -0.4 is 5.32 Å². The summed E-state index contributed by atoms with van der Waals surface area (Å²) in [7, 11) is 0. The van der Waals surface area contributed by atoms with Crippen molar-refractivity contribution in [1.82, 2.24) is 5.32 Å². The zero-order chi connectivity index (χ0) is 9.30. The Morgan fingerprint density at radius 1 is 1.67 bits per heavy atom. The lowest BCUT2D eigenvalue weighted by molar-refractivity contribution is -0.142. The Bertz CT molecular complexity index is 252. The maximum atomic E-state index is 10.9. The topological polar surface area (TPSA) is 83.5 Å². The van der Waals surface area contributed by atoms with Crippen molar-refractivity contribution < 1.29 is 19.5 Å². The number of rotatable bonds is 2. The van der Waals surface area contributed by atoms with Gasteiger partial charge < -0.3 is 5.11 Å². The SMILES string of the molecule is C[C@H](C(=O)O)[C@H]1SC(=O)NC1=O. The molecule has 5 nitrogen and oxygen atoms in total.